The minimum absolute atomic E-state index is 0.0266. The van der Waals surface area contributed by atoms with Crippen LogP contribution in [0.1, 0.15) is 46.0 Å². The van der Waals surface area contributed by atoms with Crippen LogP contribution in [-0.4, -0.2) is 85.2 Å². The molecule has 7 aliphatic rings. The van der Waals surface area contributed by atoms with Crippen molar-refractivity contribution in [3.05, 3.63) is 0 Å². The minimum Gasteiger partial charge on any atom is -0.454 e. The zero-order chi connectivity index (χ0) is 26.5. The van der Waals surface area contributed by atoms with E-state index in [1.807, 2.05) is 0 Å². The monoisotopic (exact) mass is 554 g/mol. The van der Waals surface area contributed by atoms with Crippen molar-refractivity contribution in [2.45, 2.75) is 99.6 Å². The van der Waals surface area contributed by atoms with Crippen molar-refractivity contribution < 1.29 is 64.5 Å². The van der Waals surface area contributed by atoms with E-state index < -0.39 is 75.7 Å². The van der Waals surface area contributed by atoms with Crippen molar-refractivity contribution in [3.8, 4) is 0 Å². The van der Waals surface area contributed by atoms with E-state index in [9.17, 15) is 26.8 Å². The van der Waals surface area contributed by atoms with Crippen molar-refractivity contribution in [2.75, 3.05) is 6.61 Å². The maximum absolute atomic E-state index is 13.9. The molecule has 11 atom stereocenters. The molecule has 0 aromatic carbocycles. The molecule has 37 heavy (non-hydrogen) atoms. The first-order chi connectivity index (χ1) is 17.3. The molecular formula is C22H28F2O12S. The summed E-state index contributed by atoms with van der Waals surface area (Å²) in [5.74, 6) is -4.74. The summed E-state index contributed by atoms with van der Waals surface area (Å²) in [6.07, 6.45) is -3.02. The summed E-state index contributed by atoms with van der Waals surface area (Å²) in [5, 5.41) is -5.07. The lowest BCUT2D eigenvalue weighted by atomic mass is 9.51. The molecule has 0 aromatic rings. The first-order valence-corrected chi connectivity index (χ1v) is 13.8. The normalized spacial score (nSPS) is 46.7. The quantitative estimate of drug-likeness (QED) is 0.273. The number of carbonyl (C=O) groups is 2. The number of hydrogen-bond acceptors (Lipinski definition) is 11. The number of fused-ring (bicyclic) bond motifs is 3. The average Bonchev–Trinajstić information content (AvgIpc) is 3.40. The molecule has 1 spiro atoms. The molecule has 0 radical (unpaired) electrons. The van der Waals surface area contributed by atoms with Crippen molar-refractivity contribution in [1.29, 1.82) is 0 Å². The Balaban J connectivity index is 1.18. The summed E-state index contributed by atoms with van der Waals surface area (Å²) in [4.78, 5) is 24.6. The second-order valence-electron chi connectivity index (χ2n) is 10.8. The van der Waals surface area contributed by atoms with Crippen LogP contribution in [0.3, 0.4) is 0 Å². The van der Waals surface area contributed by atoms with Gasteiger partial charge in [0.1, 0.15) is 11.7 Å². The second kappa shape index (κ2) is 8.26. The van der Waals surface area contributed by atoms with Crippen LogP contribution in [0.5, 0.6) is 0 Å². The van der Waals surface area contributed by atoms with Crippen LogP contribution in [0.15, 0.2) is 0 Å². The SMILES string of the molecule is CCOC(C)OC1C(=O)OC2C3OC4(OC3OC12)C1CC2C[C@H]4CC(OC(=O)C(F)(F)S(=O)(=O)O)(C2)C1. The zero-order valence-electron chi connectivity index (χ0n) is 20.0. The lowest BCUT2D eigenvalue weighted by molar-refractivity contribution is -0.344. The number of ether oxygens (including phenoxy) is 7. The molecule has 12 nitrogen and oxygen atoms in total. The van der Waals surface area contributed by atoms with Gasteiger partial charge in [-0.15, -0.1) is 0 Å². The third-order valence-corrected chi connectivity index (χ3v) is 9.31. The van der Waals surface area contributed by atoms with Gasteiger partial charge in [0.2, 0.25) is 0 Å². The van der Waals surface area contributed by atoms with Crippen LogP contribution >= 0.6 is 0 Å². The van der Waals surface area contributed by atoms with Crippen molar-refractivity contribution in [1.82, 2.24) is 0 Å². The second-order valence-corrected chi connectivity index (χ2v) is 12.2. The molecule has 0 amide bonds. The van der Waals surface area contributed by atoms with E-state index in [1.54, 1.807) is 13.8 Å². The molecular weight excluding hydrogens is 526 g/mol. The fourth-order valence-electron chi connectivity index (χ4n) is 7.34. The molecule has 0 aromatic heterocycles. The zero-order valence-corrected chi connectivity index (χ0v) is 20.9. The molecule has 3 saturated heterocycles. The van der Waals surface area contributed by atoms with Gasteiger partial charge in [-0.25, -0.2) is 9.59 Å². The van der Waals surface area contributed by atoms with Crippen LogP contribution in [-0.2, 0) is 52.9 Å². The number of rotatable bonds is 7. The third kappa shape index (κ3) is 3.76. The summed E-state index contributed by atoms with van der Waals surface area (Å²) >= 11 is 0. The van der Waals surface area contributed by atoms with Gasteiger partial charge >= 0.3 is 27.3 Å². The van der Waals surface area contributed by atoms with Gasteiger partial charge in [0.25, 0.3) is 0 Å². The smallest absolute Gasteiger partial charge is 0.454 e. The molecule has 10 unspecified atom stereocenters. The predicted molar refractivity (Wildman–Crippen MR) is 112 cm³/mol. The van der Waals surface area contributed by atoms with E-state index in [4.69, 9.17) is 37.7 Å². The van der Waals surface area contributed by atoms with Gasteiger partial charge in [0.05, 0.1) is 0 Å². The molecule has 15 heteroatoms. The molecule has 208 valence electrons. The molecule has 4 aliphatic carbocycles. The van der Waals surface area contributed by atoms with E-state index in [1.165, 1.54) is 0 Å². The molecule has 1 N–H and O–H groups in total. The summed E-state index contributed by atoms with van der Waals surface area (Å²) in [6, 6.07) is 0. The fraction of sp³-hybridized carbons (Fsp3) is 0.909. The highest BCUT2D eigenvalue weighted by Gasteiger charge is 2.73. The van der Waals surface area contributed by atoms with Crippen molar-refractivity contribution in [3.63, 3.8) is 0 Å². The number of alkyl halides is 2. The van der Waals surface area contributed by atoms with Gasteiger partial charge in [0, 0.05) is 18.4 Å². The number of esters is 2. The van der Waals surface area contributed by atoms with Crippen LogP contribution in [0.2, 0.25) is 0 Å². The Morgan fingerprint density at radius 2 is 1.84 bits per heavy atom. The van der Waals surface area contributed by atoms with Crippen LogP contribution in [0, 0.1) is 17.8 Å². The number of carbonyl (C=O) groups excluding carboxylic acids is 2. The lowest BCUT2D eigenvalue weighted by Crippen LogP contribution is -2.66. The summed E-state index contributed by atoms with van der Waals surface area (Å²) in [5.41, 5.74) is -1.32. The highest BCUT2D eigenvalue weighted by molar-refractivity contribution is 7.87. The van der Waals surface area contributed by atoms with E-state index in [0.29, 0.717) is 25.9 Å². The Morgan fingerprint density at radius 3 is 2.46 bits per heavy atom. The molecule has 4 bridgehead atoms. The van der Waals surface area contributed by atoms with Gasteiger partial charge in [-0.05, 0) is 51.9 Å². The lowest BCUT2D eigenvalue weighted by Gasteiger charge is -2.62. The highest BCUT2D eigenvalue weighted by atomic mass is 32.2. The first-order valence-electron chi connectivity index (χ1n) is 12.4. The van der Waals surface area contributed by atoms with Gasteiger partial charge in [-0.1, -0.05) is 0 Å². The molecule has 7 fully saturated rings. The van der Waals surface area contributed by atoms with E-state index >= 15 is 0 Å². The topological polar surface area (TPSA) is 153 Å². The minimum atomic E-state index is -5.98. The van der Waals surface area contributed by atoms with Crippen molar-refractivity contribution >= 4 is 22.1 Å². The first kappa shape index (κ1) is 25.8. The average molecular weight is 555 g/mol. The molecule has 7 rings (SSSR count). The number of hydrogen-bond donors (Lipinski definition) is 1. The Kier molecular flexibility index (Phi) is 5.75. The standard InChI is InChI=1S/C22H28F2O12S/c1-3-30-9(2)31-15-13-14(32-17(15)25)16-18(33-13)35-21(34-16)11-4-10-5-12(21)8-20(6-10,7-11)36-19(26)22(23,24)37(27,28)29/h9-16,18H,3-8H2,1-2H3,(H,27,28,29)/t9?,10?,11-,12?,13?,14?,15?,16?,18?,20?,21?/m0/s1. The number of halogens is 2. The van der Waals surface area contributed by atoms with Gasteiger partial charge in [-0.2, -0.15) is 17.2 Å². The summed E-state index contributed by atoms with van der Waals surface area (Å²) in [6.45, 7) is 3.85. The Bertz CT molecular complexity index is 1080. The molecule has 4 saturated carbocycles. The highest BCUT2D eigenvalue weighted by Crippen LogP contribution is 2.65. The molecule has 3 aliphatic heterocycles. The van der Waals surface area contributed by atoms with Crippen LogP contribution in [0.25, 0.3) is 0 Å². The van der Waals surface area contributed by atoms with E-state index in [2.05, 4.69) is 0 Å². The maximum atomic E-state index is 13.9. The van der Waals surface area contributed by atoms with E-state index in [0.717, 1.165) is 0 Å². The molecule has 3 heterocycles. The van der Waals surface area contributed by atoms with Crippen LogP contribution < -0.4 is 0 Å². The van der Waals surface area contributed by atoms with Gasteiger partial charge in [-0.3, -0.25) is 4.55 Å². The fourth-order valence-corrected chi connectivity index (χ4v) is 7.60. The van der Waals surface area contributed by atoms with Gasteiger partial charge < -0.3 is 33.2 Å². The third-order valence-electron chi connectivity index (χ3n) is 8.49. The Labute approximate surface area is 210 Å². The largest absolute Gasteiger partial charge is 0.465 e. The maximum Gasteiger partial charge on any atom is 0.465 e. The predicted octanol–water partition coefficient (Wildman–Crippen LogP) is 1.12. The Hall–Kier alpha value is -1.49. The van der Waals surface area contributed by atoms with Crippen molar-refractivity contribution in [2.24, 2.45) is 17.8 Å². The Morgan fingerprint density at radius 1 is 1.16 bits per heavy atom. The van der Waals surface area contributed by atoms with E-state index in [-0.39, 0.29) is 30.6 Å². The van der Waals surface area contributed by atoms with Crippen LogP contribution in [0.4, 0.5) is 8.78 Å². The summed E-state index contributed by atoms with van der Waals surface area (Å²) < 4.78 is 99.2. The van der Waals surface area contributed by atoms with Gasteiger partial charge in [0.15, 0.2) is 36.7 Å². The summed E-state index contributed by atoms with van der Waals surface area (Å²) in [7, 11) is -5.98.